The number of piperidine rings is 1. The van der Waals surface area contributed by atoms with E-state index in [0.717, 1.165) is 29.5 Å². The van der Waals surface area contributed by atoms with Crippen LogP contribution in [-0.2, 0) is 0 Å². The number of carbonyl (C=O) groups excluding carboxylic acids is 1. The summed E-state index contributed by atoms with van der Waals surface area (Å²) in [6.07, 6.45) is 4.58. The molecule has 166 valence electrons. The molecule has 0 saturated carbocycles. The average molecular weight is 441 g/mol. The van der Waals surface area contributed by atoms with Crippen LogP contribution in [0.15, 0.2) is 85.2 Å². The van der Waals surface area contributed by atoms with Gasteiger partial charge in [-0.3, -0.25) is 4.98 Å². The van der Waals surface area contributed by atoms with Crippen LogP contribution in [0.3, 0.4) is 0 Å². The van der Waals surface area contributed by atoms with Gasteiger partial charge in [-0.05, 0) is 48.5 Å². The molecule has 1 fully saturated rings. The first-order valence-corrected chi connectivity index (χ1v) is 10.9. The molecule has 1 aliphatic rings. The minimum absolute atomic E-state index is 0.0430. The van der Waals surface area contributed by atoms with E-state index in [1.165, 1.54) is 0 Å². The van der Waals surface area contributed by atoms with Gasteiger partial charge in [-0.15, -0.1) is 0 Å². The highest BCUT2D eigenvalue weighted by Crippen LogP contribution is 2.25. The maximum Gasteiger partial charge on any atom is 0.415 e. The normalized spacial score (nSPS) is 14.1. The SMILES string of the molecule is O=C(Oc1ccc2cccnc2c1)N1CCC(Oc2ccc(Oc3ccccn3)cc2)CC1. The summed E-state index contributed by atoms with van der Waals surface area (Å²) in [5.41, 5.74) is 0.798. The number of fused-ring (bicyclic) bond motifs is 1. The molecule has 3 heterocycles. The predicted octanol–water partition coefficient (Wildman–Crippen LogP) is 5.46. The van der Waals surface area contributed by atoms with E-state index < -0.39 is 0 Å². The lowest BCUT2D eigenvalue weighted by molar-refractivity contribution is 0.0930. The second kappa shape index (κ2) is 9.56. The third-order valence-corrected chi connectivity index (χ3v) is 5.47. The van der Waals surface area contributed by atoms with Crippen molar-refractivity contribution in [3.8, 4) is 23.1 Å². The van der Waals surface area contributed by atoms with E-state index in [1.807, 2.05) is 54.6 Å². The topological polar surface area (TPSA) is 73.8 Å². The fourth-order valence-electron chi connectivity index (χ4n) is 3.74. The standard InChI is InChI=1S/C26H23N3O4/c30-26(33-23-7-6-19-4-3-15-27-24(19)18-23)29-16-12-22(13-17-29)31-20-8-10-21(11-9-20)32-25-5-1-2-14-28-25/h1-11,14-15,18,22H,12-13,16-17H2. The van der Waals surface area contributed by atoms with E-state index in [0.29, 0.717) is 30.5 Å². The van der Waals surface area contributed by atoms with E-state index >= 15 is 0 Å². The largest absolute Gasteiger partial charge is 0.490 e. The third-order valence-electron chi connectivity index (χ3n) is 5.47. The Morgan fingerprint density at radius 1 is 0.818 bits per heavy atom. The quantitative estimate of drug-likeness (QED) is 0.409. The number of ether oxygens (including phenoxy) is 3. The molecule has 0 aliphatic carbocycles. The molecule has 0 bridgehead atoms. The molecule has 2 aromatic carbocycles. The number of aromatic nitrogens is 2. The molecule has 7 heteroatoms. The first-order chi connectivity index (χ1) is 16.2. The monoisotopic (exact) mass is 441 g/mol. The summed E-state index contributed by atoms with van der Waals surface area (Å²) in [7, 11) is 0. The van der Waals surface area contributed by atoms with Crippen LogP contribution in [0.5, 0.6) is 23.1 Å². The van der Waals surface area contributed by atoms with Crippen molar-refractivity contribution in [2.75, 3.05) is 13.1 Å². The Hall–Kier alpha value is -4.13. The molecule has 1 aliphatic heterocycles. The lowest BCUT2D eigenvalue weighted by Gasteiger charge is -2.31. The number of nitrogens with zero attached hydrogens (tertiary/aromatic N) is 3. The van der Waals surface area contributed by atoms with Crippen LogP contribution >= 0.6 is 0 Å². The molecule has 4 aromatic rings. The van der Waals surface area contributed by atoms with Crippen molar-refractivity contribution in [1.29, 1.82) is 0 Å². The van der Waals surface area contributed by atoms with E-state index in [4.69, 9.17) is 14.2 Å². The minimum atomic E-state index is -0.347. The summed E-state index contributed by atoms with van der Waals surface area (Å²) in [5, 5.41) is 1.01. The molecular weight excluding hydrogens is 418 g/mol. The van der Waals surface area contributed by atoms with Crippen molar-refractivity contribution in [3.05, 3.63) is 85.2 Å². The summed E-state index contributed by atoms with van der Waals surface area (Å²) < 4.78 is 17.4. The maximum absolute atomic E-state index is 12.6. The van der Waals surface area contributed by atoms with Crippen LogP contribution < -0.4 is 14.2 Å². The predicted molar refractivity (Wildman–Crippen MR) is 124 cm³/mol. The number of amides is 1. The van der Waals surface area contributed by atoms with Crippen molar-refractivity contribution in [1.82, 2.24) is 14.9 Å². The Balaban J connectivity index is 1.11. The van der Waals surface area contributed by atoms with Crippen LogP contribution in [0.2, 0.25) is 0 Å². The Morgan fingerprint density at radius 3 is 2.36 bits per heavy atom. The van der Waals surface area contributed by atoms with Crippen molar-refractivity contribution in [2.45, 2.75) is 18.9 Å². The maximum atomic E-state index is 12.6. The van der Waals surface area contributed by atoms with Gasteiger partial charge in [-0.25, -0.2) is 9.78 Å². The van der Waals surface area contributed by atoms with Gasteiger partial charge in [0.15, 0.2) is 0 Å². The minimum Gasteiger partial charge on any atom is -0.490 e. The highest BCUT2D eigenvalue weighted by molar-refractivity contribution is 5.81. The smallest absolute Gasteiger partial charge is 0.415 e. The second-order valence-electron chi connectivity index (χ2n) is 7.77. The Labute approximate surface area is 191 Å². The molecule has 0 radical (unpaired) electrons. The van der Waals surface area contributed by atoms with Gasteiger partial charge >= 0.3 is 6.09 Å². The third kappa shape index (κ3) is 5.20. The Bertz CT molecular complexity index is 1220. The first-order valence-electron chi connectivity index (χ1n) is 10.9. The molecular formula is C26H23N3O4. The lowest BCUT2D eigenvalue weighted by atomic mass is 10.1. The van der Waals surface area contributed by atoms with Gasteiger partial charge in [0.25, 0.3) is 0 Å². The van der Waals surface area contributed by atoms with Crippen molar-refractivity contribution in [3.63, 3.8) is 0 Å². The number of pyridine rings is 2. The van der Waals surface area contributed by atoms with Gasteiger partial charge in [0, 0.05) is 55.8 Å². The average Bonchev–Trinajstić information content (AvgIpc) is 2.86. The fraction of sp³-hybridized carbons (Fsp3) is 0.192. The fourth-order valence-corrected chi connectivity index (χ4v) is 3.74. The highest BCUT2D eigenvalue weighted by atomic mass is 16.6. The zero-order valence-corrected chi connectivity index (χ0v) is 18.0. The molecule has 1 saturated heterocycles. The van der Waals surface area contributed by atoms with Gasteiger partial charge in [0.05, 0.1) is 5.52 Å². The van der Waals surface area contributed by atoms with Crippen LogP contribution in [0.4, 0.5) is 4.79 Å². The van der Waals surface area contributed by atoms with Gasteiger partial charge in [-0.2, -0.15) is 0 Å². The molecule has 1 amide bonds. The van der Waals surface area contributed by atoms with Gasteiger partial charge in [-0.1, -0.05) is 12.1 Å². The molecule has 0 spiro atoms. The van der Waals surface area contributed by atoms with Crippen molar-refractivity contribution >= 4 is 17.0 Å². The number of hydrogen-bond donors (Lipinski definition) is 0. The second-order valence-corrected chi connectivity index (χ2v) is 7.77. The number of benzene rings is 2. The zero-order chi connectivity index (χ0) is 22.5. The van der Waals surface area contributed by atoms with E-state index in [2.05, 4.69) is 9.97 Å². The molecule has 5 rings (SSSR count). The first kappa shape index (κ1) is 20.8. The lowest BCUT2D eigenvalue weighted by Crippen LogP contribution is -2.43. The summed E-state index contributed by atoms with van der Waals surface area (Å²) in [6, 6.07) is 22.3. The number of carbonyl (C=O) groups is 1. The van der Waals surface area contributed by atoms with Crippen LogP contribution in [0, 0.1) is 0 Å². The highest BCUT2D eigenvalue weighted by Gasteiger charge is 2.25. The summed E-state index contributed by atoms with van der Waals surface area (Å²) in [6.45, 7) is 1.16. The number of likely N-dealkylation sites (tertiary alicyclic amines) is 1. The number of rotatable bonds is 5. The van der Waals surface area contributed by atoms with Gasteiger partial charge in [0.2, 0.25) is 5.88 Å². The summed E-state index contributed by atoms with van der Waals surface area (Å²) in [5.74, 6) is 2.51. The van der Waals surface area contributed by atoms with Crippen LogP contribution in [-0.4, -0.2) is 40.2 Å². The van der Waals surface area contributed by atoms with Gasteiger partial charge in [0.1, 0.15) is 23.4 Å². The van der Waals surface area contributed by atoms with Crippen molar-refractivity contribution < 1.29 is 19.0 Å². The Kier molecular flexibility index (Phi) is 6.01. The molecule has 2 aromatic heterocycles. The molecule has 0 unspecified atom stereocenters. The van der Waals surface area contributed by atoms with E-state index in [9.17, 15) is 4.79 Å². The Morgan fingerprint density at radius 2 is 1.58 bits per heavy atom. The molecule has 7 nitrogen and oxygen atoms in total. The van der Waals surface area contributed by atoms with Gasteiger partial charge < -0.3 is 19.1 Å². The molecule has 0 atom stereocenters. The molecule has 0 N–H and O–H groups in total. The van der Waals surface area contributed by atoms with E-state index in [1.54, 1.807) is 35.5 Å². The summed E-state index contributed by atoms with van der Waals surface area (Å²) >= 11 is 0. The summed E-state index contributed by atoms with van der Waals surface area (Å²) in [4.78, 5) is 22.8. The van der Waals surface area contributed by atoms with Crippen LogP contribution in [0.25, 0.3) is 10.9 Å². The van der Waals surface area contributed by atoms with Crippen molar-refractivity contribution in [2.24, 2.45) is 0 Å². The number of hydrogen-bond acceptors (Lipinski definition) is 6. The van der Waals surface area contributed by atoms with Crippen LogP contribution in [0.1, 0.15) is 12.8 Å². The van der Waals surface area contributed by atoms with E-state index in [-0.39, 0.29) is 12.2 Å². The zero-order valence-electron chi connectivity index (χ0n) is 18.0. The molecule has 33 heavy (non-hydrogen) atoms.